The third kappa shape index (κ3) is 2.85. The molecule has 1 aromatic heterocycles. The molecule has 0 fully saturated rings. The SMILES string of the molecule is CCC(CC)(C(=O)Nc1ccnc(C)c1)C(N)=S. The third-order valence-corrected chi connectivity index (χ3v) is 3.66. The average molecular weight is 265 g/mol. The van der Waals surface area contributed by atoms with E-state index in [1.165, 1.54) is 0 Å². The van der Waals surface area contributed by atoms with E-state index in [1.807, 2.05) is 26.8 Å². The largest absolute Gasteiger partial charge is 0.392 e. The molecule has 18 heavy (non-hydrogen) atoms. The molecule has 0 radical (unpaired) electrons. The highest BCUT2D eigenvalue weighted by atomic mass is 32.1. The number of carbonyl (C=O) groups excluding carboxylic acids is 1. The summed E-state index contributed by atoms with van der Waals surface area (Å²) in [6.07, 6.45) is 2.84. The molecule has 0 spiro atoms. The first-order valence-electron chi connectivity index (χ1n) is 6.00. The predicted octanol–water partition coefficient (Wildman–Crippen LogP) is 2.42. The molecule has 1 heterocycles. The van der Waals surface area contributed by atoms with Gasteiger partial charge in [-0.05, 0) is 31.9 Å². The quantitative estimate of drug-likeness (QED) is 0.802. The second kappa shape index (κ2) is 5.91. The van der Waals surface area contributed by atoms with Crippen LogP contribution in [0.25, 0.3) is 0 Å². The Morgan fingerprint density at radius 2 is 2.11 bits per heavy atom. The van der Waals surface area contributed by atoms with Crippen LogP contribution in [0.2, 0.25) is 0 Å². The van der Waals surface area contributed by atoms with E-state index in [0.717, 1.165) is 11.4 Å². The molecular formula is C13H19N3OS. The zero-order valence-electron chi connectivity index (χ0n) is 11.0. The molecule has 0 saturated carbocycles. The molecule has 3 N–H and O–H groups in total. The lowest BCUT2D eigenvalue weighted by molar-refractivity contribution is -0.122. The lowest BCUT2D eigenvalue weighted by atomic mass is 9.81. The molecule has 4 nitrogen and oxygen atoms in total. The maximum Gasteiger partial charge on any atom is 0.237 e. The highest BCUT2D eigenvalue weighted by Gasteiger charge is 2.38. The van der Waals surface area contributed by atoms with Crippen LogP contribution in [-0.2, 0) is 4.79 Å². The van der Waals surface area contributed by atoms with E-state index in [0.29, 0.717) is 12.8 Å². The second-order valence-electron chi connectivity index (χ2n) is 4.29. The van der Waals surface area contributed by atoms with Crippen LogP contribution in [-0.4, -0.2) is 15.9 Å². The Kier molecular flexibility index (Phi) is 4.78. The van der Waals surface area contributed by atoms with Crippen molar-refractivity contribution >= 4 is 28.8 Å². The molecule has 0 unspecified atom stereocenters. The number of pyridine rings is 1. The van der Waals surface area contributed by atoms with Crippen molar-refractivity contribution in [2.75, 3.05) is 5.32 Å². The number of aryl methyl sites for hydroxylation is 1. The zero-order chi connectivity index (χ0) is 13.8. The summed E-state index contributed by atoms with van der Waals surface area (Å²) in [5, 5.41) is 2.86. The van der Waals surface area contributed by atoms with E-state index in [4.69, 9.17) is 18.0 Å². The molecule has 0 aromatic carbocycles. The minimum absolute atomic E-state index is 0.148. The summed E-state index contributed by atoms with van der Waals surface area (Å²) in [6, 6.07) is 3.56. The number of nitrogens with two attached hydrogens (primary N) is 1. The lowest BCUT2D eigenvalue weighted by Gasteiger charge is -2.28. The fourth-order valence-electron chi connectivity index (χ4n) is 1.91. The van der Waals surface area contributed by atoms with Crippen molar-refractivity contribution in [1.29, 1.82) is 0 Å². The van der Waals surface area contributed by atoms with Crippen LogP contribution >= 0.6 is 12.2 Å². The smallest absolute Gasteiger partial charge is 0.237 e. The van der Waals surface area contributed by atoms with Crippen LogP contribution in [0.1, 0.15) is 32.4 Å². The van der Waals surface area contributed by atoms with Gasteiger partial charge in [-0.2, -0.15) is 0 Å². The van der Waals surface area contributed by atoms with Crippen molar-refractivity contribution in [2.45, 2.75) is 33.6 Å². The molecule has 0 aliphatic rings. The van der Waals surface area contributed by atoms with Gasteiger partial charge in [0.15, 0.2) is 0 Å². The molecule has 1 rings (SSSR count). The monoisotopic (exact) mass is 265 g/mol. The summed E-state index contributed by atoms with van der Waals surface area (Å²) in [5.74, 6) is -0.148. The number of anilines is 1. The number of nitrogens with zero attached hydrogens (tertiary/aromatic N) is 1. The number of amides is 1. The van der Waals surface area contributed by atoms with Gasteiger partial charge < -0.3 is 11.1 Å². The topological polar surface area (TPSA) is 68.0 Å². The predicted molar refractivity (Wildman–Crippen MR) is 77.4 cm³/mol. The summed E-state index contributed by atoms with van der Waals surface area (Å²) in [4.78, 5) is 16.7. The molecule has 1 amide bonds. The van der Waals surface area contributed by atoms with Crippen LogP contribution in [0.5, 0.6) is 0 Å². The van der Waals surface area contributed by atoms with Crippen LogP contribution in [0.4, 0.5) is 5.69 Å². The zero-order valence-corrected chi connectivity index (χ0v) is 11.8. The van der Waals surface area contributed by atoms with Crippen molar-refractivity contribution in [3.63, 3.8) is 0 Å². The summed E-state index contributed by atoms with van der Waals surface area (Å²) in [6.45, 7) is 5.70. The van der Waals surface area contributed by atoms with E-state index < -0.39 is 5.41 Å². The summed E-state index contributed by atoms with van der Waals surface area (Å²) >= 11 is 5.05. The minimum atomic E-state index is -0.771. The highest BCUT2D eigenvalue weighted by Crippen LogP contribution is 2.28. The van der Waals surface area contributed by atoms with E-state index in [-0.39, 0.29) is 10.9 Å². The lowest BCUT2D eigenvalue weighted by Crippen LogP contribution is -2.45. The number of hydrogen-bond acceptors (Lipinski definition) is 3. The Balaban J connectivity index is 2.96. The van der Waals surface area contributed by atoms with Gasteiger partial charge in [-0.15, -0.1) is 0 Å². The van der Waals surface area contributed by atoms with E-state index in [1.54, 1.807) is 12.3 Å². The highest BCUT2D eigenvalue weighted by molar-refractivity contribution is 7.80. The standard InChI is InChI=1S/C13H19N3OS/c1-4-13(5-2,11(14)18)12(17)16-10-6-7-15-9(3)8-10/h6-8H,4-5H2,1-3H3,(H2,14,18)(H,15,16,17). The fraction of sp³-hybridized carbons (Fsp3) is 0.462. The number of aromatic nitrogens is 1. The van der Waals surface area contributed by atoms with Gasteiger partial charge >= 0.3 is 0 Å². The third-order valence-electron chi connectivity index (χ3n) is 3.27. The molecular weight excluding hydrogens is 246 g/mol. The van der Waals surface area contributed by atoms with Crippen molar-refractivity contribution < 1.29 is 4.79 Å². The minimum Gasteiger partial charge on any atom is -0.392 e. The first-order valence-corrected chi connectivity index (χ1v) is 6.41. The van der Waals surface area contributed by atoms with Gasteiger partial charge in [0, 0.05) is 17.6 Å². The van der Waals surface area contributed by atoms with Gasteiger partial charge in [0.25, 0.3) is 0 Å². The normalized spacial score (nSPS) is 11.1. The number of rotatable bonds is 5. The van der Waals surface area contributed by atoms with Gasteiger partial charge in [0.05, 0.1) is 10.4 Å². The summed E-state index contributed by atoms with van der Waals surface area (Å²) < 4.78 is 0. The Hall–Kier alpha value is -1.49. The first kappa shape index (κ1) is 14.6. The van der Waals surface area contributed by atoms with Crippen LogP contribution in [0.15, 0.2) is 18.3 Å². The number of thiocarbonyl (C=S) groups is 1. The van der Waals surface area contributed by atoms with E-state index in [2.05, 4.69) is 10.3 Å². The molecule has 1 aromatic rings. The Morgan fingerprint density at radius 3 is 2.56 bits per heavy atom. The maximum absolute atomic E-state index is 12.4. The van der Waals surface area contributed by atoms with Gasteiger partial charge in [-0.1, -0.05) is 26.1 Å². The molecule has 0 aliphatic heterocycles. The van der Waals surface area contributed by atoms with Gasteiger partial charge in [-0.25, -0.2) is 0 Å². The van der Waals surface area contributed by atoms with E-state index >= 15 is 0 Å². The molecule has 0 aliphatic carbocycles. The van der Waals surface area contributed by atoms with Crippen molar-refractivity contribution in [2.24, 2.45) is 11.1 Å². The molecule has 0 atom stereocenters. The Bertz CT molecular complexity index is 455. The second-order valence-corrected chi connectivity index (χ2v) is 4.73. The van der Waals surface area contributed by atoms with Gasteiger partial charge in [0.2, 0.25) is 5.91 Å². The van der Waals surface area contributed by atoms with Crippen molar-refractivity contribution in [1.82, 2.24) is 4.98 Å². The maximum atomic E-state index is 12.4. The van der Waals surface area contributed by atoms with Crippen LogP contribution < -0.4 is 11.1 Å². The van der Waals surface area contributed by atoms with Crippen LogP contribution in [0.3, 0.4) is 0 Å². The van der Waals surface area contributed by atoms with Crippen molar-refractivity contribution in [3.8, 4) is 0 Å². The first-order chi connectivity index (χ1) is 8.46. The number of hydrogen-bond donors (Lipinski definition) is 2. The fourth-order valence-corrected chi connectivity index (χ4v) is 2.29. The van der Waals surface area contributed by atoms with Gasteiger partial charge in [0.1, 0.15) is 0 Å². The molecule has 0 bridgehead atoms. The average Bonchev–Trinajstić information content (AvgIpc) is 2.30. The summed E-state index contributed by atoms with van der Waals surface area (Å²) in [5.41, 5.74) is 6.53. The molecule has 5 heteroatoms. The van der Waals surface area contributed by atoms with Crippen molar-refractivity contribution in [3.05, 3.63) is 24.0 Å². The van der Waals surface area contributed by atoms with Crippen LogP contribution in [0, 0.1) is 12.3 Å². The summed E-state index contributed by atoms with van der Waals surface area (Å²) in [7, 11) is 0. The van der Waals surface area contributed by atoms with Gasteiger partial charge in [-0.3, -0.25) is 9.78 Å². The molecule has 98 valence electrons. The Labute approximate surface area is 113 Å². The van der Waals surface area contributed by atoms with E-state index in [9.17, 15) is 4.79 Å². The number of carbonyl (C=O) groups is 1. The number of nitrogens with one attached hydrogen (secondary N) is 1. The molecule has 0 saturated heterocycles. The Morgan fingerprint density at radius 1 is 1.50 bits per heavy atom.